The number of hydrogen-bond donors (Lipinski definition) is 2. The van der Waals surface area contributed by atoms with Gasteiger partial charge in [-0.2, -0.15) is 8.78 Å². The van der Waals surface area contributed by atoms with Crippen LogP contribution in [-0.2, 0) is 4.79 Å². The highest BCUT2D eigenvalue weighted by molar-refractivity contribution is 5.81. The molecule has 0 aliphatic carbocycles. The Hall–Kier alpha value is -2.29. The Bertz CT molecular complexity index is 435. The molecule has 9 heteroatoms. The van der Waals surface area contributed by atoms with Crippen LogP contribution in [0, 0.1) is 10.1 Å². The van der Waals surface area contributed by atoms with Gasteiger partial charge in [0.15, 0.2) is 0 Å². The summed E-state index contributed by atoms with van der Waals surface area (Å²) in [6.07, 6.45) is -4.15. The number of carbonyl (C=O) groups is 1. The highest BCUT2D eigenvalue weighted by Gasteiger charge is 2.41. The third kappa shape index (κ3) is 3.08. The monoisotopic (exact) mass is 247 g/mol. The normalized spacial score (nSPS) is 10.8. The molecule has 7 nitrogen and oxygen atoms in total. The van der Waals surface area contributed by atoms with Crippen molar-refractivity contribution < 1.29 is 23.2 Å². The predicted molar refractivity (Wildman–Crippen MR) is 51.0 cm³/mol. The number of alkyl halides is 2. The summed E-state index contributed by atoms with van der Waals surface area (Å²) in [6.45, 7) is 0. The number of halogens is 2. The summed E-state index contributed by atoms with van der Waals surface area (Å²) < 4.78 is 29.9. The van der Waals surface area contributed by atoms with E-state index in [4.69, 9.17) is 0 Å². The number of carbonyl (C=O) groups excluding carboxylic acids is 1. The first kappa shape index (κ1) is 12.8. The van der Waals surface area contributed by atoms with E-state index < -0.39 is 22.7 Å². The number of nitrogens with zero attached hydrogens (tertiary/aromatic N) is 1. The van der Waals surface area contributed by atoms with Gasteiger partial charge >= 0.3 is 12.0 Å². The summed E-state index contributed by atoms with van der Waals surface area (Å²) in [4.78, 5) is 20.2. The molecule has 1 aromatic carbocycles. The maximum atomic E-state index is 12.9. The number of hydrazine groups is 1. The van der Waals surface area contributed by atoms with E-state index in [2.05, 4.69) is 10.6 Å². The van der Waals surface area contributed by atoms with Gasteiger partial charge in [-0.1, -0.05) is 0 Å². The molecule has 92 valence electrons. The lowest BCUT2D eigenvalue weighted by atomic mass is 10.3. The number of nitrogens with one attached hydrogen (secondary N) is 1. The summed E-state index contributed by atoms with van der Waals surface area (Å²) in [5.41, 5.74) is 0.945. The summed E-state index contributed by atoms with van der Waals surface area (Å²) in [5.74, 6) is 2.30. The average molecular weight is 247 g/mol. The van der Waals surface area contributed by atoms with E-state index in [1.807, 2.05) is 0 Å². The summed E-state index contributed by atoms with van der Waals surface area (Å²) in [5, 5.41) is 10.3. The fourth-order valence-electron chi connectivity index (χ4n) is 0.914. The van der Waals surface area contributed by atoms with Crippen LogP contribution in [-0.4, -0.2) is 16.9 Å². The van der Waals surface area contributed by atoms with E-state index in [0.717, 1.165) is 24.3 Å². The molecule has 0 saturated heterocycles. The maximum absolute atomic E-state index is 12.9. The van der Waals surface area contributed by atoms with Crippen LogP contribution in [0.2, 0.25) is 0 Å². The molecular formula is C8H7F2N3O4. The van der Waals surface area contributed by atoms with Crippen LogP contribution in [0.1, 0.15) is 0 Å². The molecule has 17 heavy (non-hydrogen) atoms. The highest BCUT2D eigenvalue weighted by Crippen LogP contribution is 2.23. The molecule has 0 saturated carbocycles. The number of hydrogen-bond acceptors (Lipinski definition) is 5. The molecule has 0 aromatic heterocycles. The summed E-state index contributed by atoms with van der Waals surface area (Å²) >= 11 is 0. The van der Waals surface area contributed by atoms with Crippen LogP contribution >= 0.6 is 0 Å². The summed E-state index contributed by atoms with van der Waals surface area (Å²) in [6, 6.07) is 3.81. The Labute approximate surface area is 93.3 Å². The number of nitro groups is 1. The Morgan fingerprint density at radius 2 is 1.94 bits per heavy atom. The number of ether oxygens (including phenoxy) is 1. The molecule has 3 N–H and O–H groups in total. The van der Waals surface area contributed by atoms with Gasteiger partial charge in [0.1, 0.15) is 5.75 Å². The second kappa shape index (κ2) is 4.70. The Morgan fingerprint density at radius 1 is 1.41 bits per heavy atom. The SMILES string of the molecule is NNC(=O)C(F)(F)Oc1ccc([N+](=O)[O-])cc1. The van der Waals surface area contributed by atoms with Gasteiger partial charge in [0.2, 0.25) is 0 Å². The van der Waals surface area contributed by atoms with Crippen molar-refractivity contribution in [3.05, 3.63) is 34.4 Å². The van der Waals surface area contributed by atoms with Gasteiger partial charge < -0.3 is 4.74 Å². The van der Waals surface area contributed by atoms with E-state index in [1.165, 1.54) is 5.43 Å². The van der Waals surface area contributed by atoms with Crippen molar-refractivity contribution in [1.29, 1.82) is 0 Å². The Balaban J connectivity index is 2.82. The van der Waals surface area contributed by atoms with Crippen molar-refractivity contribution in [3.8, 4) is 5.75 Å². The van der Waals surface area contributed by atoms with E-state index in [0.29, 0.717) is 0 Å². The highest BCUT2D eigenvalue weighted by atomic mass is 19.3. The van der Waals surface area contributed by atoms with Crippen molar-refractivity contribution in [2.24, 2.45) is 5.84 Å². The number of non-ortho nitro benzene ring substituents is 1. The lowest BCUT2D eigenvalue weighted by Crippen LogP contribution is -2.47. The van der Waals surface area contributed by atoms with Crippen LogP contribution in [0.4, 0.5) is 14.5 Å². The topological polar surface area (TPSA) is 107 Å². The molecule has 0 spiro atoms. The molecule has 0 fully saturated rings. The predicted octanol–water partition coefficient (Wildman–Crippen LogP) is 0.556. The number of benzene rings is 1. The molecule has 0 unspecified atom stereocenters. The number of nitro benzene ring substituents is 1. The largest absolute Gasteiger partial charge is 0.483 e. The minimum absolute atomic E-state index is 0.288. The van der Waals surface area contributed by atoms with Crippen LogP contribution in [0.3, 0.4) is 0 Å². The van der Waals surface area contributed by atoms with Gasteiger partial charge in [-0.05, 0) is 12.1 Å². The zero-order valence-corrected chi connectivity index (χ0v) is 8.22. The third-order valence-corrected chi connectivity index (χ3v) is 1.69. The first-order chi connectivity index (χ1) is 7.86. The van der Waals surface area contributed by atoms with Gasteiger partial charge in [0, 0.05) is 12.1 Å². The maximum Gasteiger partial charge on any atom is 0.483 e. The number of nitrogens with two attached hydrogens (primary N) is 1. The molecule has 0 aliphatic heterocycles. The molecular weight excluding hydrogens is 240 g/mol. The van der Waals surface area contributed by atoms with E-state index >= 15 is 0 Å². The van der Waals surface area contributed by atoms with Gasteiger partial charge in [-0.15, -0.1) is 0 Å². The van der Waals surface area contributed by atoms with Crippen LogP contribution in [0.25, 0.3) is 0 Å². The summed E-state index contributed by atoms with van der Waals surface area (Å²) in [7, 11) is 0. The molecule has 0 heterocycles. The minimum atomic E-state index is -4.15. The van der Waals surface area contributed by atoms with Crippen molar-refractivity contribution in [1.82, 2.24) is 5.43 Å². The van der Waals surface area contributed by atoms with Gasteiger partial charge in [-0.3, -0.25) is 20.3 Å². The second-order valence-electron chi connectivity index (χ2n) is 2.84. The van der Waals surface area contributed by atoms with E-state index in [9.17, 15) is 23.7 Å². The molecule has 0 radical (unpaired) electrons. The molecule has 0 bridgehead atoms. The lowest BCUT2D eigenvalue weighted by Gasteiger charge is -2.15. The molecule has 0 aliphatic rings. The van der Waals surface area contributed by atoms with Crippen molar-refractivity contribution in [2.45, 2.75) is 6.11 Å². The van der Waals surface area contributed by atoms with Gasteiger partial charge in [-0.25, -0.2) is 5.84 Å². The van der Waals surface area contributed by atoms with Crippen molar-refractivity contribution in [3.63, 3.8) is 0 Å². The fraction of sp³-hybridized carbons (Fsp3) is 0.125. The lowest BCUT2D eigenvalue weighted by molar-refractivity contribution is -0.384. The Morgan fingerprint density at radius 3 is 2.35 bits per heavy atom. The molecule has 1 amide bonds. The Kier molecular flexibility index (Phi) is 3.53. The van der Waals surface area contributed by atoms with E-state index in [1.54, 1.807) is 0 Å². The van der Waals surface area contributed by atoms with Crippen molar-refractivity contribution >= 4 is 11.6 Å². The smallest absolute Gasteiger partial charge is 0.425 e. The van der Waals surface area contributed by atoms with Gasteiger partial charge in [0.25, 0.3) is 5.69 Å². The van der Waals surface area contributed by atoms with Crippen molar-refractivity contribution in [2.75, 3.05) is 0 Å². The quantitative estimate of drug-likeness (QED) is 0.349. The first-order valence-electron chi connectivity index (χ1n) is 4.19. The van der Waals surface area contributed by atoms with Crippen LogP contribution in [0.15, 0.2) is 24.3 Å². The average Bonchev–Trinajstić information content (AvgIpc) is 2.28. The molecule has 1 aromatic rings. The third-order valence-electron chi connectivity index (χ3n) is 1.69. The standard InChI is InChI=1S/C8H7F2N3O4/c9-8(10,7(14)12-11)17-6-3-1-5(2-4-6)13(15)16/h1-4H,11H2,(H,12,14). The first-order valence-corrected chi connectivity index (χ1v) is 4.19. The minimum Gasteiger partial charge on any atom is -0.425 e. The second-order valence-corrected chi connectivity index (χ2v) is 2.84. The van der Waals surface area contributed by atoms with Crippen LogP contribution < -0.4 is 16.0 Å². The van der Waals surface area contributed by atoms with E-state index in [-0.39, 0.29) is 5.69 Å². The van der Waals surface area contributed by atoms with Crippen LogP contribution in [0.5, 0.6) is 5.75 Å². The number of amides is 1. The fourth-order valence-corrected chi connectivity index (χ4v) is 0.914. The zero-order valence-electron chi connectivity index (χ0n) is 8.22. The zero-order chi connectivity index (χ0) is 13.1. The molecule has 0 atom stereocenters. The molecule has 1 rings (SSSR count). The number of rotatable bonds is 4. The van der Waals surface area contributed by atoms with Gasteiger partial charge in [0.05, 0.1) is 4.92 Å².